The fraction of sp³-hybridized carbons (Fsp3) is 0.308. The Balaban J connectivity index is 1.87. The highest BCUT2D eigenvalue weighted by molar-refractivity contribution is 5.84. The smallest absolute Gasteiger partial charge is 0.411 e. The molecule has 17 heavy (non-hydrogen) atoms. The third kappa shape index (κ3) is 3.32. The summed E-state index contributed by atoms with van der Waals surface area (Å²) >= 11 is 0. The first kappa shape index (κ1) is 11.7. The average molecular weight is 233 g/mol. The van der Waals surface area contributed by atoms with Gasteiger partial charge in [-0.15, -0.1) is 0 Å². The molecule has 0 spiro atoms. The highest BCUT2D eigenvalue weighted by atomic mass is 16.6. The lowest BCUT2D eigenvalue weighted by molar-refractivity contribution is 0.00789. The van der Waals surface area contributed by atoms with Gasteiger partial charge in [-0.1, -0.05) is 30.4 Å². The van der Waals surface area contributed by atoms with Gasteiger partial charge in [0.15, 0.2) is 0 Å². The molecule has 0 saturated carbocycles. The van der Waals surface area contributed by atoms with Gasteiger partial charge in [-0.3, -0.25) is 5.32 Å². The lowest BCUT2D eigenvalue weighted by Crippen LogP contribution is -2.33. The van der Waals surface area contributed by atoms with Crippen LogP contribution in [0.15, 0.2) is 42.5 Å². The number of nitrogens with one attached hydrogen (secondary N) is 1. The maximum Gasteiger partial charge on any atom is 0.411 e. The number of anilines is 1. The van der Waals surface area contributed by atoms with Crippen molar-refractivity contribution in [3.05, 3.63) is 42.5 Å². The Hall–Kier alpha value is -1.81. The number of rotatable bonds is 2. The van der Waals surface area contributed by atoms with Crippen molar-refractivity contribution in [1.82, 2.24) is 0 Å². The van der Waals surface area contributed by atoms with Crippen LogP contribution in [0.25, 0.3) is 0 Å². The van der Waals surface area contributed by atoms with Crippen LogP contribution in [-0.2, 0) is 4.74 Å². The lowest BCUT2D eigenvalue weighted by Gasteiger charge is -2.24. The highest BCUT2D eigenvalue weighted by Crippen LogP contribution is 2.16. The predicted octanol–water partition coefficient (Wildman–Crippen LogP) is 2.31. The lowest BCUT2D eigenvalue weighted by atomic mass is 10.0. The third-order valence-corrected chi connectivity index (χ3v) is 2.62. The van der Waals surface area contributed by atoms with Crippen LogP contribution in [0.4, 0.5) is 10.5 Å². The van der Waals surface area contributed by atoms with Crippen LogP contribution in [0.2, 0.25) is 0 Å². The Labute approximate surface area is 99.9 Å². The molecule has 2 atom stereocenters. The molecular formula is C13H15NO3. The zero-order chi connectivity index (χ0) is 12.1. The largest absolute Gasteiger partial charge is 0.443 e. The van der Waals surface area contributed by atoms with Crippen molar-refractivity contribution >= 4 is 11.8 Å². The summed E-state index contributed by atoms with van der Waals surface area (Å²) in [6.45, 7) is 0. The van der Waals surface area contributed by atoms with Crippen molar-refractivity contribution in [2.75, 3.05) is 5.32 Å². The number of aliphatic hydroxyl groups is 1. The molecule has 0 saturated heterocycles. The van der Waals surface area contributed by atoms with Crippen LogP contribution in [0.3, 0.4) is 0 Å². The summed E-state index contributed by atoms with van der Waals surface area (Å²) in [5, 5.41) is 12.2. The van der Waals surface area contributed by atoms with Gasteiger partial charge in [-0.2, -0.15) is 0 Å². The molecule has 0 aliphatic heterocycles. The number of amides is 1. The van der Waals surface area contributed by atoms with E-state index in [1.54, 1.807) is 12.1 Å². The maximum absolute atomic E-state index is 11.6. The molecule has 1 aromatic rings. The molecule has 1 amide bonds. The van der Waals surface area contributed by atoms with E-state index in [-0.39, 0.29) is 0 Å². The van der Waals surface area contributed by atoms with E-state index in [1.165, 1.54) is 0 Å². The molecule has 90 valence electrons. The predicted molar refractivity (Wildman–Crippen MR) is 64.7 cm³/mol. The number of hydrogen-bond acceptors (Lipinski definition) is 3. The minimum Gasteiger partial charge on any atom is -0.443 e. The van der Waals surface area contributed by atoms with Crippen molar-refractivity contribution in [2.24, 2.45) is 0 Å². The summed E-state index contributed by atoms with van der Waals surface area (Å²) in [5.41, 5.74) is 0.679. The summed E-state index contributed by atoms with van der Waals surface area (Å²) in [6, 6.07) is 9.07. The molecule has 4 nitrogen and oxygen atoms in total. The average Bonchev–Trinajstić information content (AvgIpc) is 2.33. The van der Waals surface area contributed by atoms with Gasteiger partial charge in [0.05, 0.1) is 6.10 Å². The fourth-order valence-corrected chi connectivity index (χ4v) is 1.71. The normalized spacial score (nSPS) is 23.1. The van der Waals surface area contributed by atoms with Gasteiger partial charge in [0, 0.05) is 12.1 Å². The first-order valence-electron chi connectivity index (χ1n) is 5.61. The summed E-state index contributed by atoms with van der Waals surface area (Å²) in [6.07, 6.45) is 3.29. The minimum atomic E-state index is -0.610. The Bertz CT molecular complexity index is 402. The summed E-state index contributed by atoms with van der Waals surface area (Å²) in [4.78, 5) is 11.6. The quantitative estimate of drug-likeness (QED) is 0.771. The van der Waals surface area contributed by atoms with Gasteiger partial charge in [-0.05, 0) is 18.6 Å². The van der Waals surface area contributed by atoms with Crippen molar-refractivity contribution in [3.8, 4) is 0 Å². The van der Waals surface area contributed by atoms with E-state index < -0.39 is 18.3 Å². The zero-order valence-corrected chi connectivity index (χ0v) is 9.37. The summed E-state index contributed by atoms with van der Waals surface area (Å²) in [7, 11) is 0. The topological polar surface area (TPSA) is 58.6 Å². The zero-order valence-electron chi connectivity index (χ0n) is 9.37. The molecule has 1 aromatic carbocycles. The minimum absolute atomic E-state index is 0.455. The number of benzene rings is 1. The van der Waals surface area contributed by atoms with E-state index in [9.17, 15) is 9.90 Å². The molecule has 2 rings (SSSR count). The third-order valence-electron chi connectivity index (χ3n) is 2.62. The second kappa shape index (κ2) is 5.50. The van der Waals surface area contributed by atoms with E-state index in [1.807, 2.05) is 30.4 Å². The van der Waals surface area contributed by atoms with Crippen LogP contribution >= 0.6 is 0 Å². The standard InChI is InChI=1S/C13H15NO3/c15-11-8-4-5-9-12(11)17-13(16)14-10-6-2-1-3-7-10/h1-7,11-12,15H,8-9H2,(H,14,16)/t11-,12+/m1/s1. The number of para-hydroxylation sites is 1. The van der Waals surface area contributed by atoms with Crippen LogP contribution in [0, 0.1) is 0 Å². The van der Waals surface area contributed by atoms with Crippen LogP contribution < -0.4 is 5.32 Å². The molecule has 0 radical (unpaired) electrons. The Morgan fingerprint density at radius 2 is 1.94 bits per heavy atom. The molecule has 0 unspecified atom stereocenters. The summed E-state index contributed by atoms with van der Waals surface area (Å²) < 4.78 is 5.16. The van der Waals surface area contributed by atoms with E-state index in [4.69, 9.17) is 4.74 Å². The number of carbonyl (C=O) groups is 1. The van der Waals surface area contributed by atoms with Crippen molar-refractivity contribution < 1.29 is 14.6 Å². The molecule has 1 aliphatic rings. The van der Waals surface area contributed by atoms with Gasteiger partial charge in [-0.25, -0.2) is 4.79 Å². The molecule has 4 heteroatoms. The SMILES string of the molecule is O=C(Nc1ccccc1)O[C@H]1CC=CC[C@H]1O. The fourth-order valence-electron chi connectivity index (χ4n) is 1.71. The van der Waals surface area contributed by atoms with Crippen LogP contribution in [0.5, 0.6) is 0 Å². The molecule has 2 N–H and O–H groups in total. The number of hydrogen-bond donors (Lipinski definition) is 2. The van der Waals surface area contributed by atoms with Gasteiger partial charge >= 0.3 is 6.09 Å². The molecule has 0 heterocycles. The van der Waals surface area contributed by atoms with Crippen molar-refractivity contribution in [3.63, 3.8) is 0 Å². The second-order valence-electron chi connectivity index (χ2n) is 3.94. The monoisotopic (exact) mass is 233 g/mol. The van der Waals surface area contributed by atoms with E-state index in [2.05, 4.69) is 5.32 Å². The van der Waals surface area contributed by atoms with Crippen LogP contribution in [0.1, 0.15) is 12.8 Å². The van der Waals surface area contributed by atoms with Crippen molar-refractivity contribution in [1.29, 1.82) is 0 Å². The number of ether oxygens (including phenoxy) is 1. The first-order chi connectivity index (χ1) is 8.25. The van der Waals surface area contributed by atoms with Gasteiger partial charge < -0.3 is 9.84 Å². The Kier molecular flexibility index (Phi) is 3.77. The molecule has 0 bridgehead atoms. The van der Waals surface area contributed by atoms with Crippen LogP contribution in [-0.4, -0.2) is 23.4 Å². The maximum atomic E-state index is 11.6. The number of aliphatic hydroxyl groups excluding tert-OH is 1. The first-order valence-corrected chi connectivity index (χ1v) is 5.61. The van der Waals surface area contributed by atoms with Gasteiger partial charge in [0.1, 0.15) is 6.10 Å². The molecule has 0 aromatic heterocycles. The van der Waals surface area contributed by atoms with Gasteiger partial charge in [0.2, 0.25) is 0 Å². The van der Waals surface area contributed by atoms with E-state index >= 15 is 0 Å². The summed E-state index contributed by atoms with van der Waals surface area (Å²) in [5.74, 6) is 0. The van der Waals surface area contributed by atoms with Crippen molar-refractivity contribution in [2.45, 2.75) is 25.0 Å². The Morgan fingerprint density at radius 3 is 2.65 bits per heavy atom. The van der Waals surface area contributed by atoms with E-state index in [0.717, 1.165) is 0 Å². The van der Waals surface area contributed by atoms with E-state index in [0.29, 0.717) is 18.5 Å². The molecular weight excluding hydrogens is 218 g/mol. The second-order valence-corrected chi connectivity index (χ2v) is 3.94. The van der Waals surface area contributed by atoms with Gasteiger partial charge in [0.25, 0.3) is 0 Å². The molecule has 1 aliphatic carbocycles. The molecule has 0 fully saturated rings. The highest BCUT2D eigenvalue weighted by Gasteiger charge is 2.23. The Morgan fingerprint density at radius 1 is 1.24 bits per heavy atom. The number of carbonyl (C=O) groups excluding carboxylic acids is 1.